The molecule has 2 aromatic rings. The van der Waals surface area contributed by atoms with Crippen molar-refractivity contribution >= 4 is 31.4 Å². The molecule has 2 unspecified atom stereocenters. The molecule has 0 fully saturated rings. The second-order valence-corrected chi connectivity index (χ2v) is 11.9. The van der Waals surface area contributed by atoms with E-state index in [1.807, 2.05) is 0 Å². The predicted molar refractivity (Wildman–Crippen MR) is 138 cm³/mol. The van der Waals surface area contributed by atoms with E-state index in [4.69, 9.17) is 0 Å². The number of aliphatic hydroxyl groups excluding tert-OH is 2. The number of unbranched alkanes of at least 4 members (excludes halogenated alkanes) is 1. The highest BCUT2D eigenvalue weighted by Crippen LogP contribution is 2.28. The van der Waals surface area contributed by atoms with Crippen LogP contribution in [0.1, 0.15) is 36.2 Å². The quantitative estimate of drug-likeness (QED) is 0.115. The van der Waals surface area contributed by atoms with Crippen LogP contribution in [0.25, 0.3) is 0 Å². The fourth-order valence-electron chi connectivity index (χ4n) is 3.30. The molecule has 14 heteroatoms. The number of nitrogens with one attached hydrogen (secondary N) is 4. The van der Waals surface area contributed by atoms with Gasteiger partial charge in [0.25, 0.3) is 0 Å². The number of benzene rings is 2. The summed E-state index contributed by atoms with van der Waals surface area (Å²) in [7, 11) is -7.14. The summed E-state index contributed by atoms with van der Waals surface area (Å²) >= 11 is 0. The van der Waals surface area contributed by atoms with E-state index in [-0.39, 0.29) is 36.0 Å². The summed E-state index contributed by atoms with van der Waals surface area (Å²) in [6.07, 6.45) is 1.71. The van der Waals surface area contributed by atoms with Crippen molar-refractivity contribution in [2.45, 2.75) is 25.0 Å². The smallest absolute Gasteiger partial charge is 0.229 e. The van der Waals surface area contributed by atoms with Crippen LogP contribution < -0.4 is 20.1 Å². The summed E-state index contributed by atoms with van der Waals surface area (Å²) in [5.74, 6) is -0.475. The van der Waals surface area contributed by atoms with E-state index >= 15 is 0 Å². The molecule has 8 N–H and O–H groups in total. The summed E-state index contributed by atoms with van der Waals surface area (Å²) in [6, 6.07) is 8.41. The number of hydrogen-bond donors (Lipinski definition) is 8. The molecular formula is C22H34N4O8S2. The van der Waals surface area contributed by atoms with Gasteiger partial charge in [0.1, 0.15) is 11.5 Å². The van der Waals surface area contributed by atoms with E-state index in [2.05, 4.69) is 20.1 Å². The fourth-order valence-corrected chi connectivity index (χ4v) is 4.42. The number of aromatic hydroxyl groups is 2. The van der Waals surface area contributed by atoms with Crippen LogP contribution in [-0.4, -0.2) is 76.0 Å². The van der Waals surface area contributed by atoms with Crippen LogP contribution in [0.3, 0.4) is 0 Å². The number of sulfonamides is 2. The summed E-state index contributed by atoms with van der Waals surface area (Å²) in [5, 5.41) is 46.4. The highest BCUT2D eigenvalue weighted by molar-refractivity contribution is 7.92. The molecule has 202 valence electrons. The van der Waals surface area contributed by atoms with Crippen molar-refractivity contribution in [3.8, 4) is 11.5 Å². The lowest BCUT2D eigenvalue weighted by Crippen LogP contribution is -2.25. The van der Waals surface area contributed by atoms with Gasteiger partial charge in [-0.1, -0.05) is 12.1 Å². The van der Waals surface area contributed by atoms with Gasteiger partial charge in [-0.3, -0.25) is 9.44 Å². The van der Waals surface area contributed by atoms with E-state index in [1.165, 1.54) is 36.4 Å². The standard InChI is InChI=1S/C22H34N4O8S2/c1-35(31,32)25-17-11-15(5-7-19(17)27)21(29)13-23-9-3-4-10-24-14-22(30)16-6-8-20(28)18(12-16)26-36(2,33)34/h5-8,11-12,21-30H,3-4,9-10,13-14H2,1-2H3. The molecule has 0 saturated heterocycles. The maximum Gasteiger partial charge on any atom is 0.229 e. The molecule has 0 saturated carbocycles. The van der Waals surface area contributed by atoms with Crippen LogP contribution in [0.5, 0.6) is 11.5 Å². The Kier molecular flexibility index (Phi) is 10.8. The Morgan fingerprint density at radius 1 is 0.694 bits per heavy atom. The van der Waals surface area contributed by atoms with Crippen LogP contribution in [0.4, 0.5) is 11.4 Å². The summed E-state index contributed by atoms with van der Waals surface area (Å²) in [5.41, 5.74) is 0.896. The van der Waals surface area contributed by atoms with Gasteiger partial charge in [-0.15, -0.1) is 0 Å². The molecule has 2 atom stereocenters. The zero-order chi connectivity index (χ0) is 26.9. The molecule has 0 aliphatic carbocycles. The van der Waals surface area contributed by atoms with Crippen LogP contribution >= 0.6 is 0 Å². The average Bonchev–Trinajstić information content (AvgIpc) is 2.76. The second kappa shape index (κ2) is 13.1. The third-order valence-corrected chi connectivity index (χ3v) is 6.22. The molecule has 0 aromatic heterocycles. The van der Waals surface area contributed by atoms with Gasteiger partial charge in [0.05, 0.1) is 36.1 Å². The van der Waals surface area contributed by atoms with Gasteiger partial charge in [-0.25, -0.2) is 16.8 Å². The molecule has 2 aromatic carbocycles. The van der Waals surface area contributed by atoms with Gasteiger partial charge in [-0.05, 0) is 61.3 Å². The average molecular weight is 547 g/mol. The third-order valence-electron chi connectivity index (χ3n) is 5.03. The van der Waals surface area contributed by atoms with Crippen molar-refractivity contribution < 1.29 is 37.3 Å². The lowest BCUT2D eigenvalue weighted by Gasteiger charge is -2.15. The van der Waals surface area contributed by atoms with Crippen molar-refractivity contribution in [2.24, 2.45) is 0 Å². The van der Waals surface area contributed by atoms with Crippen LogP contribution in [0.15, 0.2) is 36.4 Å². The maximum absolute atomic E-state index is 11.4. The van der Waals surface area contributed by atoms with Gasteiger partial charge in [0.15, 0.2) is 0 Å². The Bertz CT molecular complexity index is 1130. The zero-order valence-electron chi connectivity index (χ0n) is 20.1. The molecule has 0 spiro atoms. The number of phenols is 2. The van der Waals surface area contributed by atoms with Crippen LogP contribution in [-0.2, 0) is 20.0 Å². The molecule has 0 bridgehead atoms. The van der Waals surface area contributed by atoms with E-state index in [0.29, 0.717) is 24.2 Å². The number of anilines is 2. The highest BCUT2D eigenvalue weighted by atomic mass is 32.2. The molecule has 0 amide bonds. The third kappa shape index (κ3) is 10.6. The van der Waals surface area contributed by atoms with E-state index in [1.54, 1.807) is 0 Å². The van der Waals surface area contributed by atoms with Crippen molar-refractivity contribution in [3.05, 3.63) is 47.5 Å². The molecule has 2 rings (SSSR count). The Morgan fingerprint density at radius 3 is 1.39 bits per heavy atom. The minimum absolute atomic E-state index is 0.00232. The van der Waals surface area contributed by atoms with Gasteiger partial charge >= 0.3 is 0 Å². The first-order chi connectivity index (χ1) is 16.7. The minimum Gasteiger partial charge on any atom is -0.506 e. The Balaban J connectivity index is 1.68. The molecule has 0 aliphatic heterocycles. The van der Waals surface area contributed by atoms with Crippen molar-refractivity contribution in [1.82, 2.24) is 10.6 Å². The molecule has 0 aliphatic rings. The predicted octanol–water partition coefficient (Wildman–Crippen LogP) is 0.567. The van der Waals surface area contributed by atoms with Crippen molar-refractivity contribution in [1.29, 1.82) is 0 Å². The lowest BCUT2D eigenvalue weighted by molar-refractivity contribution is 0.173. The molecule has 12 nitrogen and oxygen atoms in total. The summed E-state index contributed by atoms with van der Waals surface area (Å²) in [6.45, 7) is 1.71. The number of phenolic OH excluding ortho intramolecular Hbond substituents is 2. The Labute approximate surface area is 211 Å². The first kappa shape index (κ1) is 29.6. The van der Waals surface area contributed by atoms with Crippen molar-refractivity contribution in [2.75, 3.05) is 48.1 Å². The normalized spacial score (nSPS) is 13.8. The first-order valence-corrected chi connectivity index (χ1v) is 14.9. The van der Waals surface area contributed by atoms with Crippen LogP contribution in [0.2, 0.25) is 0 Å². The number of aliphatic hydroxyl groups is 2. The molecule has 0 heterocycles. The second-order valence-electron chi connectivity index (χ2n) is 8.45. The van der Waals surface area contributed by atoms with E-state index in [9.17, 15) is 37.3 Å². The first-order valence-electron chi connectivity index (χ1n) is 11.1. The molecular weight excluding hydrogens is 512 g/mol. The number of hydrogen-bond acceptors (Lipinski definition) is 10. The molecule has 0 radical (unpaired) electrons. The topological polar surface area (TPSA) is 197 Å². The summed E-state index contributed by atoms with van der Waals surface area (Å²) in [4.78, 5) is 0. The monoisotopic (exact) mass is 546 g/mol. The molecule has 36 heavy (non-hydrogen) atoms. The van der Waals surface area contributed by atoms with E-state index < -0.39 is 32.3 Å². The van der Waals surface area contributed by atoms with Gasteiger partial charge in [-0.2, -0.15) is 0 Å². The van der Waals surface area contributed by atoms with Gasteiger partial charge in [0, 0.05) is 13.1 Å². The fraction of sp³-hybridized carbons (Fsp3) is 0.455. The maximum atomic E-state index is 11.4. The summed E-state index contributed by atoms with van der Waals surface area (Å²) < 4.78 is 49.9. The van der Waals surface area contributed by atoms with Gasteiger partial charge in [0.2, 0.25) is 20.0 Å². The van der Waals surface area contributed by atoms with E-state index in [0.717, 1.165) is 25.4 Å². The Morgan fingerprint density at radius 2 is 1.06 bits per heavy atom. The number of rotatable bonds is 15. The van der Waals surface area contributed by atoms with Gasteiger partial charge < -0.3 is 31.1 Å². The van der Waals surface area contributed by atoms with Crippen LogP contribution in [0, 0.1) is 0 Å². The highest BCUT2D eigenvalue weighted by Gasteiger charge is 2.14. The van der Waals surface area contributed by atoms with Crippen molar-refractivity contribution in [3.63, 3.8) is 0 Å². The largest absolute Gasteiger partial charge is 0.506 e. The Hall–Kier alpha value is -2.62. The minimum atomic E-state index is -3.57. The zero-order valence-corrected chi connectivity index (χ0v) is 21.7. The SMILES string of the molecule is CS(=O)(=O)Nc1cc(C(O)CNCCCCNCC(O)c2ccc(O)c(NS(C)(=O)=O)c2)ccc1O. The lowest BCUT2D eigenvalue weighted by atomic mass is 10.1.